The van der Waals surface area contributed by atoms with Crippen LogP contribution >= 0.6 is 27.5 Å². The molecule has 2 atom stereocenters. The van der Waals surface area contributed by atoms with Gasteiger partial charge < -0.3 is 4.74 Å². The molecule has 0 saturated heterocycles. The Bertz CT molecular complexity index is 1330. The van der Waals surface area contributed by atoms with Crippen LogP contribution in [0.25, 0.3) is 0 Å². The van der Waals surface area contributed by atoms with E-state index in [2.05, 4.69) is 15.9 Å². The van der Waals surface area contributed by atoms with Gasteiger partial charge >= 0.3 is 30.0 Å². The van der Waals surface area contributed by atoms with E-state index in [4.69, 9.17) is 16.3 Å². The molecule has 0 bridgehead atoms. The van der Waals surface area contributed by atoms with Gasteiger partial charge in [0.2, 0.25) is 0 Å². The molecule has 1 aliphatic carbocycles. The topological polar surface area (TPSA) is 49.9 Å². The number of rotatable bonds is 4. The predicted molar refractivity (Wildman–Crippen MR) is 131 cm³/mol. The van der Waals surface area contributed by atoms with E-state index in [0.717, 1.165) is 16.9 Å². The van der Waals surface area contributed by atoms with Crippen LogP contribution in [0.2, 0.25) is 0 Å². The molecule has 0 unspecified atom stereocenters. The van der Waals surface area contributed by atoms with Gasteiger partial charge in [-0.15, -0.1) is 0 Å². The number of fused-ring (bicyclic) bond motifs is 1. The van der Waals surface area contributed by atoms with Crippen LogP contribution in [0.3, 0.4) is 0 Å². The molecular formula is C25H19BrClF9N2O3. The van der Waals surface area contributed by atoms with Crippen molar-refractivity contribution in [1.29, 1.82) is 0 Å². The SMILES string of the molecule is COC(=O)N(Cc1cc(C(F)(F)F)cc(C(F)(F)F)c1)[C@@H]1C[C@H](C2CC2)N(C(=O)Cl)c2c(Br)cc(C(F)(F)F)cc21. The summed E-state index contributed by atoms with van der Waals surface area (Å²) >= 11 is 8.90. The van der Waals surface area contributed by atoms with Gasteiger partial charge in [0.05, 0.1) is 35.5 Å². The van der Waals surface area contributed by atoms with Crippen molar-refractivity contribution in [3.8, 4) is 0 Å². The van der Waals surface area contributed by atoms with E-state index < -0.39 is 70.9 Å². The lowest BCUT2D eigenvalue weighted by Gasteiger charge is -2.44. The second-order valence-electron chi connectivity index (χ2n) is 9.68. The molecule has 2 aromatic rings. The van der Waals surface area contributed by atoms with Crippen molar-refractivity contribution < 1.29 is 53.8 Å². The van der Waals surface area contributed by atoms with E-state index in [0.29, 0.717) is 37.1 Å². The number of anilines is 1. The Morgan fingerprint density at radius 2 is 1.44 bits per heavy atom. The number of carbonyl (C=O) groups excluding carboxylic acids is 2. The quantitative estimate of drug-likeness (QED) is 0.184. The lowest BCUT2D eigenvalue weighted by Crippen LogP contribution is -2.48. The molecule has 2 aromatic carbocycles. The van der Waals surface area contributed by atoms with Gasteiger partial charge in [0.15, 0.2) is 0 Å². The molecule has 4 rings (SSSR count). The van der Waals surface area contributed by atoms with E-state index in [1.807, 2.05) is 0 Å². The molecule has 0 aromatic heterocycles. The molecule has 0 radical (unpaired) electrons. The van der Waals surface area contributed by atoms with Crippen molar-refractivity contribution in [3.63, 3.8) is 0 Å². The first kappa shape index (κ1) is 31.3. The van der Waals surface area contributed by atoms with Crippen LogP contribution in [0.1, 0.15) is 53.1 Å². The second-order valence-corrected chi connectivity index (χ2v) is 10.9. The van der Waals surface area contributed by atoms with Crippen molar-refractivity contribution in [3.05, 3.63) is 62.6 Å². The summed E-state index contributed by atoms with van der Waals surface area (Å²) in [6.45, 7) is -0.885. The van der Waals surface area contributed by atoms with Gasteiger partial charge in [0.25, 0.3) is 0 Å². The Morgan fingerprint density at radius 3 is 1.88 bits per heavy atom. The zero-order chi connectivity index (χ0) is 30.7. The zero-order valence-corrected chi connectivity index (χ0v) is 23.1. The monoisotopic (exact) mass is 680 g/mol. The first-order valence-corrected chi connectivity index (χ1v) is 13.0. The minimum Gasteiger partial charge on any atom is -0.453 e. The first-order chi connectivity index (χ1) is 18.8. The van der Waals surface area contributed by atoms with Crippen LogP contribution in [0, 0.1) is 5.92 Å². The van der Waals surface area contributed by atoms with Crippen molar-refractivity contribution in [2.45, 2.75) is 56.4 Å². The van der Waals surface area contributed by atoms with Gasteiger partial charge in [-0.05, 0) is 88.6 Å². The van der Waals surface area contributed by atoms with E-state index in [-0.39, 0.29) is 34.1 Å². The lowest BCUT2D eigenvalue weighted by atomic mass is 9.86. The molecule has 0 N–H and O–H groups in total. The normalized spacial score (nSPS) is 19.6. The number of carbonyl (C=O) groups is 2. The van der Waals surface area contributed by atoms with Gasteiger partial charge in [-0.25, -0.2) is 4.79 Å². The molecule has 0 spiro atoms. The lowest BCUT2D eigenvalue weighted by molar-refractivity contribution is -0.143. The van der Waals surface area contributed by atoms with Gasteiger partial charge in [-0.3, -0.25) is 14.6 Å². The summed E-state index contributed by atoms with van der Waals surface area (Å²) < 4.78 is 127. The third-order valence-corrected chi connectivity index (χ3v) is 7.74. The van der Waals surface area contributed by atoms with E-state index in [9.17, 15) is 49.1 Å². The second kappa shape index (κ2) is 10.9. The Kier molecular flexibility index (Phi) is 8.28. The van der Waals surface area contributed by atoms with Crippen LogP contribution < -0.4 is 4.90 Å². The molecule has 2 aliphatic rings. The van der Waals surface area contributed by atoms with E-state index in [1.54, 1.807) is 0 Å². The summed E-state index contributed by atoms with van der Waals surface area (Å²) in [5, 5.41) is -1.01. The van der Waals surface area contributed by atoms with Gasteiger partial charge in [-0.1, -0.05) is 0 Å². The number of ether oxygens (including phenoxy) is 1. The van der Waals surface area contributed by atoms with Gasteiger partial charge in [-0.2, -0.15) is 39.5 Å². The molecular weight excluding hydrogens is 663 g/mol. The summed E-state index contributed by atoms with van der Waals surface area (Å²) in [5.41, 5.74) is -5.38. The number of nitrogens with zero attached hydrogens (tertiary/aromatic N) is 2. The van der Waals surface area contributed by atoms with Crippen molar-refractivity contribution in [1.82, 2.24) is 4.90 Å². The molecule has 1 aliphatic heterocycles. The van der Waals surface area contributed by atoms with Crippen molar-refractivity contribution in [2.24, 2.45) is 5.92 Å². The summed E-state index contributed by atoms with van der Waals surface area (Å²) in [6, 6.07) is 0.0605. The highest BCUT2D eigenvalue weighted by Gasteiger charge is 2.48. The third kappa shape index (κ3) is 6.55. The molecule has 16 heteroatoms. The maximum absolute atomic E-state index is 13.8. The number of alkyl halides is 9. The van der Waals surface area contributed by atoms with Crippen LogP contribution in [-0.2, 0) is 29.8 Å². The largest absolute Gasteiger partial charge is 0.453 e. The predicted octanol–water partition coefficient (Wildman–Crippen LogP) is 9.16. The summed E-state index contributed by atoms with van der Waals surface area (Å²) in [6.07, 6.45) is -15.4. The first-order valence-electron chi connectivity index (χ1n) is 11.8. The number of methoxy groups -OCH3 is 1. The van der Waals surface area contributed by atoms with Crippen LogP contribution in [-0.4, -0.2) is 29.5 Å². The maximum Gasteiger partial charge on any atom is 0.416 e. The minimum absolute atomic E-state index is 0.0817. The average molecular weight is 682 g/mol. The zero-order valence-electron chi connectivity index (χ0n) is 20.7. The van der Waals surface area contributed by atoms with E-state index >= 15 is 0 Å². The molecule has 41 heavy (non-hydrogen) atoms. The molecule has 224 valence electrons. The van der Waals surface area contributed by atoms with Gasteiger partial charge in [0, 0.05) is 22.6 Å². The highest BCUT2D eigenvalue weighted by Crippen LogP contribution is 2.52. The molecule has 2 amide bonds. The Balaban J connectivity index is 1.91. The standard InChI is InChI=1S/C25H19BrClF9N2O3/c1-41-22(40)37(10-11-4-13(23(28,29)30)6-14(5-11)24(31,32)33)19-9-18(12-2-3-12)38(21(27)39)20-16(19)7-15(8-17(20)26)25(34,35)36/h4-8,12,18-19H,2-3,9-10H2,1H3/t18-,19-/m1/s1. The fourth-order valence-electron chi connectivity index (χ4n) is 5.04. The molecule has 1 fully saturated rings. The highest BCUT2D eigenvalue weighted by atomic mass is 79.9. The van der Waals surface area contributed by atoms with E-state index in [1.165, 1.54) is 0 Å². The highest BCUT2D eigenvalue weighted by molar-refractivity contribution is 9.10. The number of benzene rings is 2. The van der Waals surface area contributed by atoms with Crippen LogP contribution in [0.5, 0.6) is 0 Å². The summed E-state index contributed by atoms with van der Waals surface area (Å²) in [7, 11) is 0.904. The molecule has 1 heterocycles. The van der Waals surface area contributed by atoms with Crippen molar-refractivity contribution >= 4 is 44.7 Å². The fourth-order valence-corrected chi connectivity index (χ4v) is 5.92. The Hall–Kier alpha value is -2.68. The Morgan fingerprint density at radius 1 is 0.927 bits per heavy atom. The van der Waals surface area contributed by atoms with Gasteiger partial charge in [0.1, 0.15) is 0 Å². The summed E-state index contributed by atoms with van der Waals surface area (Å²) in [4.78, 5) is 27.3. The number of hydrogen-bond acceptors (Lipinski definition) is 3. The molecule has 5 nitrogen and oxygen atoms in total. The number of hydrogen-bond donors (Lipinski definition) is 0. The molecule has 1 saturated carbocycles. The summed E-state index contributed by atoms with van der Waals surface area (Å²) in [5.74, 6) is -0.160. The number of amides is 2. The average Bonchev–Trinajstić information content (AvgIpc) is 3.69. The smallest absolute Gasteiger partial charge is 0.416 e. The van der Waals surface area contributed by atoms with Crippen molar-refractivity contribution in [2.75, 3.05) is 12.0 Å². The number of halogens is 11. The third-order valence-electron chi connectivity index (χ3n) is 6.96. The Labute approximate surface area is 240 Å². The van der Waals surface area contributed by atoms with Crippen LogP contribution in [0.4, 0.5) is 54.8 Å². The van der Waals surface area contributed by atoms with Crippen LogP contribution in [0.15, 0.2) is 34.8 Å². The fraction of sp³-hybridized carbons (Fsp3) is 0.440. The maximum atomic E-state index is 13.8. The minimum atomic E-state index is -5.17.